The van der Waals surface area contributed by atoms with Gasteiger partial charge in [0.15, 0.2) is 0 Å². The van der Waals surface area contributed by atoms with E-state index in [1.807, 2.05) is 0 Å². The normalized spacial score (nSPS) is 25.6. The molecule has 3 aliphatic rings. The van der Waals surface area contributed by atoms with Gasteiger partial charge in [-0.15, -0.1) is 0 Å². The van der Waals surface area contributed by atoms with Crippen LogP contribution < -0.4 is 0 Å². The van der Waals surface area contributed by atoms with E-state index in [1.54, 1.807) is 26.8 Å². The molecule has 1 aromatic rings. The number of piperidine rings is 1. The Morgan fingerprint density at radius 3 is 2.48 bits per heavy atom. The molecule has 3 heterocycles. The highest BCUT2D eigenvalue weighted by Gasteiger charge is 2.51. The Balaban J connectivity index is 1.40. The topological polar surface area (TPSA) is 70.2 Å². The molecule has 4 rings (SSSR count). The zero-order valence-electron chi connectivity index (χ0n) is 15.1. The summed E-state index contributed by atoms with van der Waals surface area (Å²) in [4.78, 5) is 41.6. The van der Waals surface area contributed by atoms with E-state index in [0.717, 1.165) is 0 Å². The molecule has 3 saturated heterocycles. The monoisotopic (exact) mass is 375 g/mol. The van der Waals surface area contributed by atoms with Crippen LogP contribution in [0.25, 0.3) is 0 Å². The Morgan fingerprint density at radius 1 is 1.11 bits per heavy atom. The van der Waals surface area contributed by atoms with Crippen molar-refractivity contribution in [1.29, 1.82) is 0 Å². The summed E-state index contributed by atoms with van der Waals surface area (Å²) in [6.45, 7) is 3.35. The number of fused-ring (bicyclic) bond motifs is 1. The predicted octanol–water partition coefficient (Wildman–Crippen LogP) is 1.48. The number of hydrogen-bond acceptors (Lipinski definition) is 4. The van der Waals surface area contributed by atoms with Gasteiger partial charge >= 0.3 is 6.09 Å². The summed E-state index contributed by atoms with van der Waals surface area (Å²) in [5.41, 5.74) is 0.0736. The minimum atomic E-state index is -0.522. The van der Waals surface area contributed by atoms with E-state index in [1.165, 1.54) is 19.1 Å². The summed E-state index contributed by atoms with van der Waals surface area (Å²) in [7, 11) is 0. The molecule has 0 bridgehead atoms. The Labute approximate surface area is 156 Å². The van der Waals surface area contributed by atoms with Crippen molar-refractivity contribution in [1.82, 2.24) is 14.7 Å². The first-order chi connectivity index (χ1) is 13.0. The van der Waals surface area contributed by atoms with E-state index in [9.17, 15) is 18.8 Å². The van der Waals surface area contributed by atoms with E-state index in [2.05, 4.69) is 0 Å². The van der Waals surface area contributed by atoms with Crippen LogP contribution in [-0.2, 0) is 9.53 Å². The molecule has 0 aliphatic carbocycles. The maximum atomic E-state index is 13.9. The lowest BCUT2D eigenvalue weighted by atomic mass is 10.0. The van der Waals surface area contributed by atoms with Crippen LogP contribution in [-0.4, -0.2) is 77.0 Å². The SMILES string of the molecule is CC(=O)N1C[C@@H]2OC(=O)N(C3CCN(C(=O)c4ccccc4F)CC3)[C@@H]2C1. The van der Waals surface area contributed by atoms with Gasteiger partial charge < -0.3 is 14.5 Å². The van der Waals surface area contributed by atoms with Crippen molar-refractivity contribution >= 4 is 17.9 Å². The third-order valence-electron chi connectivity index (χ3n) is 5.75. The first-order valence-corrected chi connectivity index (χ1v) is 9.24. The average Bonchev–Trinajstić information content (AvgIpc) is 3.18. The van der Waals surface area contributed by atoms with Crippen molar-refractivity contribution in [3.8, 4) is 0 Å². The van der Waals surface area contributed by atoms with Gasteiger partial charge in [0.1, 0.15) is 11.9 Å². The molecule has 8 heteroatoms. The van der Waals surface area contributed by atoms with E-state index >= 15 is 0 Å². The number of hydrogen-bond donors (Lipinski definition) is 0. The molecule has 0 spiro atoms. The van der Waals surface area contributed by atoms with Gasteiger partial charge in [0, 0.05) is 32.6 Å². The molecule has 3 aliphatic heterocycles. The molecule has 0 N–H and O–H groups in total. The van der Waals surface area contributed by atoms with Crippen LogP contribution in [0.3, 0.4) is 0 Å². The average molecular weight is 375 g/mol. The Hall–Kier alpha value is -2.64. The Kier molecular flexibility index (Phi) is 4.49. The highest BCUT2D eigenvalue weighted by Crippen LogP contribution is 2.32. The maximum absolute atomic E-state index is 13.9. The fourth-order valence-corrected chi connectivity index (χ4v) is 4.29. The fourth-order valence-electron chi connectivity index (χ4n) is 4.29. The lowest BCUT2D eigenvalue weighted by Crippen LogP contribution is -2.51. The quantitative estimate of drug-likeness (QED) is 0.785. The van der Waals surface area contributed by atoms with Crippen LogP contribution in [0, 0.1) is 5.82 Å². The standard InChI is InChI=1S/C19H22FN3O4/c1-12(24)22-10-16-17(11-22)27-19(26)23(16)13-6-8-21(9-7-13)18(25)14-4-2-3-5-15(14)20/h2-5,13,16-17H,6-11H2,1H3/t16-,17+/m1/s1. The molecule has 2 atom stereocenters. The zero-order valence-corrected chi connectivity index (χ0v) is 15.1. The summed E-state index contributed by atoms with van der Waals surface area (Å²) < 4.78 is 19.3. The molecule has 0 radical (unpaired) electrons. The molecule has 27 heavy (non-hydrogen) atoms. The molecule has 1 aromatic carbocycles. The number of likely N-dealkylation sites (tertiary alicyclic amines) is 2. The number of carbonyl (C=O) groups excluding carboxylic acids is 3. The number of ether oxygens (including phenoxy) is 1. The summed E-state index contributed by atoms with van der Waals surface area (Å²) in [5.74, 6) is -0.867. The summed E-state index contributed by atoms with van der Waals surface area (Å²) >= 11 is 0. The first kappa shape index (κ1) is 17.8. The van der Waals surface area contributed by atoms with Crippen LogP contribution in [0.5, 0.6) is 0 Å². The first-order valence-electron chi connectivity index (χ1n) is 9.24. The molecular formula is C19H22FN3O4. The van der Waals surface area contributed by atoms with Crippen LogP contribution in [0.2, 0.25) is 0 Å². The molecule has 0 aromatic heterocycles. The van der Waals surface area contributed by atoms with Crippen molar-refractivity contribution in [3.63, 3.8) is 0 Å². The molecule has 0 saturated carbocycles. The van der Waals surface area contributed by atoms with Crippen LogP contribution in [0.15, 0.2) is 24.3 Å². The summed E-state index contributed by atoms with van der Waals surface area (Å²) in [6, 6.07) is 5.80. The molecule has 3 amide bonds. The van der Waals surface area contributed by atoms with Gasteiger partial charge in [-0.05, 0) is 25.0 Å². The number of nitrogens with zero attached hydrogens (tertiary/aromatic N) is 3. The van der Waals surface area contributed by atoms with Crippen molar-refractivity contribution in [2.45, 2.75) is 38.0 Å². The van der Waals surface area contributed by atoms with Crippen LogP contribution >= 0.6 is 0 Å². The lowest BCUT2D eigenvalue weighted by molar-refractivity contribution is -0.128. The van der Waals surface area contributed by atoms with Crippen LogP contribution in [0.1, 0.15) is 30.1 Å². The highest BCUT2D eigenvalue weighted by atomic mass is 19.1. The summed E-state index contributed by atoms with van der Waals surface area (Å²) in [6.07, 6.45) is 0.600. The maximum Gasteiger partial charge on any atom is 0.410 e. The van der Waals surface area contributed by atoms with E-state index in [4.69, 9.17) is 4.74 Å². The predicted molar refractivity (Wildman–Crippen MR) is 93.5 cm³/mol. The van der Waals surface area contributed by atoms with Crippen LogP contribution in [0.4, 0.5) is 9.18 Å². The third-order valence-corrected chi connectivity index (χ3v) is 5.75. The number of carbonyl (C=O) groups is 3. The highest BCUT2D eigenvalue weighted by molar-refractivity contribution is 5.94. The van der Waals surface area contributed by atoms with Crippen molar-refractivity contribution in [2.24, 2.45) is 0 Å². The number of benzene rings is 1. The molecule has 3 fully saturated rings. The number of rotatable bonds is 2. The third kappa shape index (κ3) is 3.13. The largest absolute Gasteiger partial charge is 0.442 e. The van der Waals surface area contributed by atoms with E-state index in [-0.39, 0.29) is 41.7 Å². The Morgan fingerprint density at radius 2 is 1.81 bits per heavy atom. The van der Waals surface area contributed by atoms with Gasteiger partial charge in [-0.25, -0.2) is 9.18 Å². The van der Waals surface area contributed by atoms with Gasteiger partial charge in [0.2, 0.25) is 5.91 Å². The van der Waals surface area contributed by atoms with Gasteiger partial charge in [0.05, 0.1) is 18.2 Å². The van der Waals surface area contributed by atoms with Gasteiger partial charge in [-0.3, -0.25) is 14.5 Å². The fraction of sp³-hybridized carbons (Fsp3) is 0.526. The smallest absolute Gasteiger partial charge is 0.410 e. The van der Waals surface area contributed by atoms with Gasteiger partial charge in [0.25, 0.3) is 5.91 Å². The van der Waals surface area contributed by atoms with Crippen molar-refractivity contribution in [2.75, 3.05) is 26.2 Å². The lowest BCUT2D eigenvalue weighted by Gasteiger charge is -2.37. The second-order valence-corrected chi connectivity index (χ2v) is 7.32. The van der Waals surface area contributed by atoms with Crippen molar-refractivity contribution < 1.29 is 23.5 Å². The minimum absolute atomic E-state index is 0.0225. The molecule has 0 unspecified atom stereocenters. The van der Waals surface area contributed by atoms with Gasteiger partial charge in [-0.2, -0.15) is 0 Å². The number of halogens is 1. The minimum Gasteiger partial charge on any atom is -0.442 e. The molecule has 7 nitrogen and oxygen atoms in total. The second-order valence-electron chi connectivity index (χ2n) is 7.32. The van der Waals surface area contributed by atoms with E-state index < -0.39 is 5.82 Å². The summed E-state index contributed by atoms with van der Waals surface area (Å²) in [5, 5.41) is 0. The Bertz CT molecular complexity index is 778. The number of amides is 3. The second kappa shape index (κ2) is 6.83. The molecule has 144 valence electrons. The van der Waals surface area contributed by atoms with E-state index in [0.29, 0.717) is 39.0 Å². The van der Waals surface area contributed by atoms with Gasteiger partial charge in [-0.1, -0.05) is 12.1 Å². The zero-order chi connectivity index (χ0) is 19.1. The van der Waals surface area contributed by atoms with Crippen molar-refractivity contribution in [3.05, 3.63) is 35.6 Å². The molecular weight excluding hydrogens is 353 g/mol.